The highest BCUT2D eigenvalue weighted by molar-refractivity contribution is 6.30. The van der Waals surface area contributed by atoms with E-state index in [0.29, 0.717) is 28.0 Å². The number of amides is 1. The Balaban J connectivity index is 1.59. The van der Waals surface area contributed by atoms with Gasteiger partial charge >= 0.3 is 0 Å². The maximum Gasteiger partial charge on any atom is 0.290 e. The monoisotopic (exact) mass is 343 g/mol. The first kappa shape index (κ1) is 15.9. The molecule has 1 aromatic carbocycles. The highest BCUT2D eigenvalue weighted by Gasteiger charge is 2.11. The molecule has 2 heterocycles. The Kier molecular flexibility index (Phi) is 4.67. The van der Waals surface area contributed by atoms with Crippen LogP contribution < -0.4 is 15.8 Å². The number of hydrogen-bond donors (Lipinski definition) is 2. The minimum atomic E-state index is -0.322. The summed E-state index contributed by atoms with van der Waals surface area (Å²) >= 11 is 5.82. The van der Waals surface area contributed by atoms with Gasteiger partial charge < -0.3 is 20.2 Å². The zero-order chi connectivity index (χ0) is 16.9. The van der Waals surface area contributed by atoms with Gasteiger partial charge in [0.25, 0.3) is 11.9 Å². The third-order valence-electron chi connectivity index (χ3n) is 3.18. The molecule has 3 aromatic rings. The highest BCUT2D eigenvalue weighted by atomic mass is 35.5. The van der Waals surface area contributed by atoms with Crippen LogP contribution in [0.3, 0.4) is 0 Å². The standard InChI is InChI=1S/C17H14ClN3O3/c18-11-3-5-12(6-4-11)23-15-8-7-13(24-15)10-21-17(22)14-2-1-9-20-16(14)19/h1-9H,10H2,(H2,19,20)(H,21,22). The molecule has 24 heavy (non-hydrogen) atoms. The van der Waals surface area contributed by atoms with E-state index in [2.05, 4.69) is 10.3 Å². The van der Waals surface area contributed by atoms with Gasteiger partial charge in [0.05, 0.1) is 12.1 Å². The van der Waals surface area contributed by atoms with E-state index < -0.39 is 0 Å². The lowest BCUT2D eigenvalue weighted by molar-refractivity contribution is 0.0948. The number of nitrogens with one attached hydrogen (secondary N) is 1. The molecule has 0 fully saturated rings. The van der Waals surface area contributed by atoms with E-state index in [-0.39, 0.29) is 18.3 Å². The third-order valence-corrected chi connectivity index (χ3v) is 3.43. The maximum absolute atomic E-state index is 12.1. The first-order valence-electron chi connectivity index (χ1n) is 7.12. The molecule has 0 saturated heterocycles. The fraction of sp³-hybridized carbons (Fsp3) is 0.0588. The van der Waals surface area contributed by atoms with Gasteiger partial charge in [-0.2, -0.15) is 0 Å². The number of pyridine rings is 1. The van der Waals surface area contributed by atoms with Crippen LogP contribution in [0.15, 0.2) is 59.1 Å². The van der Waals surface area contributed by atoms with Crippen LogP contribution in [-0.2, 0) is 6.54 Å². The molecular formula is C17H14ClN3O3. The van der Waals surface area contributed by atoms with Crippen LogP contribution >= 0.6 is 11.6 Å². The summed E-state index contributed by atoms with van der Waals surface area (Å²) < 4.78 is 11.1. The lowest BCUT2D eigenvalue weighted by Crippen LogP contribution is -2.23. The molecule has 0 radical (unpaired) electrons. The van der Waals surface area contributed by atoms with E-state index in [1.807, 2.05) is 0 Å². The molecule has 6 nitrogen and oxygen atoms in total. The number of nitrogen functional groups attached to an aromatic ring is 1. The summed E-state index contributed by atoms with van der Waals surface area (Å²) in [5.74, 6) is 1.34. The van der Waals surface area contributed by atoms with E-state index in [9.17, 15) is 4.79 Å². The molecule has 0 aliphatic carbocycles. The van der Waals surface area contributed by atoms with Crippen molar-refractivity contribution in [1.82, 2.24) is 10.3 Å². The Morgan fingerprint density at radius 1 is 1.21 bits per heavy atom. The van der Waals surface area contributed by atoms with Crippen LogP contribution in [-0.4, -0.2) is 10.9 Å². The first-order valence-corrected chi connectivity index (χ1v) is 7.50. The SMILES string of the molecule is Nc1ncccc1C(=O)NCc1ccc(Oc2ccc(Cl)cc2)o1. The Hall–Kier alpha value is -2.99. The number of carbonyl (C=O) groups is 1. The molecule has 0 saturated carbocycles. The molecule has 3 N–H and O–H groups in total. The smallest absolute Gasteiger partial charge is 0.290 e. The molecule has 122 valence electrons. The fourth-order valence-corrected chi connectivity index (χ4v) is 2.13. The summed E-state index contributed by atoms with van der Waals surface area (Å²) in [5, 5.41) is 3.34. The lowest BCUT2D eigenvalue weighted by Gasteiger charge is -2.05. The van der Waals surface area contributed by atoms with Crippen molar-refractivity contribution in [2.75, 3.05) is 5.73 Å². The summed E-state index contributed by atoms with van der Waals surface area (Å²) in [4.78, 5) is 15.9. The average molecular weight is 344 g/mol. The van der Waals surface area contributed by atoms with E-state index in [0.717, 1.165) is 0 Å². The number of anilines is 1. The molecule has 0 atom stereocenters. The van der Waals surface area contributed by atoms with Crippen LogP contribution in [0.25, 0.3) is 0 Å². The minimum absolute atomic E-state index is 0.182. The van der Waals surface area contributed by atoms with Gasteiger partial charge in [-0.3, -0.25) is 4.79 Å². The number of carbonyl (C=O) groups excluding carboxylic acids is 1. The largest absolute Gasteiger partial charge is 0.429 e. The molecule has 7 heteroatoms. The van der Waals surface area contributed by atoms with E-state index in [4.69, 9.17) is 26.5 Å². The predicted molar refractivity (Wildman–Crippen MR) is 90.1 cm³/mol. The van der Waals surface area contributed by atoms with Crippen LogP contribution in [0.5, 0.6) is 11.7 Å². The molecular weight excluding hydrogens is 330 g/mol. The average Bonchev–Trinajstić information content (AvgIpc) is 3.03. The number of halogens is 1. The Morgan fingerprint density at radius 3 is 2.75 bits per heavy atom. The third kappa shape index (κ3) is 3.85. The van der Waals surface area contributed by atoms with Gasteiger partial charge in [-0.1, -0.05) is 11.6 Å². The highest BCUT2D eigenvalue weighted by Crippen LogP contribution is 2.25. The van der Waals surface area contributed by atoms with Crippen molar-refractivity contribution in [2.24, 2.45) is 0 Å². The normalized spacial score (nSPS) is 10.4. The number of hydrogen-bond acceptors (Lipinski definition) is 5. The van der Waals surface area contributed by atoms with Crippen molar-refractivity contribution < 1.29 is 13.9 Å². The van der Waals surface area contributed by atoms with Crippen molar-refractivity contribution in [3.63, 3.8) is 0 Å². The second-order valence-electron chi connectivity index (χ2n) is 4.90. The van der Waals surface area contributed by atoms with Crippen LogP contribution in [0.1, 0.15) is 16.1 Å². The number of nitrogens with zero attached hydrogens (tertiary/aromatic N) is 1. The van der Waals surface area contributed by atoms with Gasteiger partial charge in [0.2, 0.25) is 0 Å². The summed E-state index contributed by atoms with van der Waals surface area (Å²) in [6.45, 7) is 0.206. The van der Waals surface area contributed by atoms with Crippen molar-refractivity contribution >= 4 is 23.3 Å². The maximum atomic E-state index is 12.1. The summed E-state index contributed by atoms with van der Waals surface area (Å²) in [5.41, 5.74) is 5.99. The van der Waals surface area contributed by atoms with Crippen molar-refractivity contribution in [3.05, 3.63) is 71.1 Å². The molecule has 1 amide bonds. The van der Waals surface area contributed by atoms with Gasteiger partial charge in [0.15, 0.2) is 0 Å². The quantitative estimate of drug-likeness (QED) is 0.738. The Bertz CT molecular complexity index is 846. The van der Waals surface area contributed by atoms with E-state index in [1.165, 1.54) is 6.20 Å². The lowest BCUT2D eigenvalue weighted by atomic mass is 10.2. The Morgan fingerprint density at radius 2 is 2.00 bits per heavy atom. The number of furan rings is 1. The van der Waals surface area contributed by atoms with Crippen LogP contribution in [0, 0.1) is 0 Å². The molecule has 0 spiro atoms. The zero-order valence-corrected chi connectivity index (χ0v) is 13.3. The number of rotatable bonds is 5. The van der Waals surface area contributed by atoms with E-state index >= 15 is 0 Å². The van der Waals surface area contributed by atoms with Gasteiger partial charge in [-0.05, 0) is 42.5 Å². The van der Waals surface area contributed by atoms with Gasteiger partial charge in [0.1, 0.15) is 17.3 Å². The second kappa shape index (κ2) is 7.06. The summed E-state index contributed by atoms with van der Waals surface area (Å²) in [6.07, 6.45) is 1.53. The fourth-order valence-electron chi connectivity index (χ4n) is 2.00. The van der Waals surface area contributed by atoms with Crippen molar-refractivity contribution in [2.45, 2.75) is 6.54 Å². The van der Waals surface area contributed by atoms with E-state index in [1.54, 1.807) is 48.5 Å². The van der Waals surface area contributed by atoms with Crippen molar-refractivity contribution in [1.29, 1.82) is 0 Å². The molecule has 0 aliphatic heterocycles. The topological polar surface area (TPSA) is 90.4 Å². The van der Waals surface area contributed by atoms with Crippen LogP contribution in [0.2, 0.25) is 5.02 Å². The van der Waals surface area contributed by atoms with Crippen LogP contribution in [0.4, 0.5) is 5.82 Å². The molecule has 0 aliphatic rings. The number of benzene rings is 1. The second-order valence-corrected chi connectivity index (χ2v) is 5.33. The number of nitrogens with two attached hydrogens (primary N) is 1. The zero-order valence-electron chi connectivity index (χ0n) is 12.5. The minimum Gasteiger partial charge on any atom is -0.429 e. The molecule has 0 unspecified atom stereocenters. The summed E-state index contributed by atoms with van der Waals surface area (Å²) in [6, 6.07) is 13.6. The molecule has 3 rings (SSSR count). The number of aromatic nitrogens is 1. The van der Waals surface area contributed by atoms with Gasteiger partial charge in [0, 0.05) is 17.3 Å². The summed E-state index contributed by atoms with van der Waals surface area (Å²) in [7, 11) is 0. The van der Waals surface area contributed by atoms with Gasteiger partial charge in [-0.25, -0.2) is 4.98 Å². The first-order chi connectivity index (χ1) is 11.6. The van der Waals surface area contributed by atoms with Crippen molar-refractivity contribution in [3.8, 4) is 11.7 Å². The molecule has 2 aromatic heterocycles. The van der Waals surface area contributed by atoms with Gasteiger partial charge in [-0.15, -0.1) is 0 Å². The number of ether oxygens (including phenoxy) is 1. The predicted octanol–water partition coefficient (Wildman–Crippen LogP) is 3.63. The molecule has 0 bridgehead atoms. The Labute approximate surface area is 143 Å².